The van der Waals surface area contributed by atoms with Crippen LogP contribution in [0.5, 0.6) is 5.75 Å². The molecule has 138 valence electrons. The second-order valence-electron chi connectivity index (χ2n) is 6.27. The zero-order valence-corrected chi connectivity index (χ0v) is 15.2. The highest BCUT2D eigenvalue weighted by molar-refractivity contribution is 6.34. The van der Waals surface area contributed by atoms with Gasteiger partial charge in [0.25, 0.3) is 0 Å². The normalized spacial score (nSPS) is 10.8. The summed E-state index contributed by atoms with van der Waals surface area (Å²) in [5, 5.41) is 4.62. The van der Waals surface area contributed by atoms with E-state index in [1.165, 1.54) is 6.07 Å². The predicted molar refractivity (Wildman–Crippen MR) is 97.4 cm³/mol. The SMILES string of the molecule is CC(C)(C)OC(=O)Nc1cc(Cl)c(NC(=O)Oc2ccccc2)cc1F. The third kappa shape index (κ3) is 5.93. The maximum absolute atomic E-state index is 14.2. The fourth-order valence-corrected chi connectivity index (χ4v) is 2.09. The van der Waals surface area contributed by atoms with Crippen molar-refractivity contribution in [2.45, 2.75) is 26.4 Å². The number of carbonyl (C=O) groups excluding carboxylic acids is 2. The van der Waals surface area contributed by atoms with Crippen molar-refractivity contribution in [1.29, 1.82) is 0 Å². The molecule has 0 aliphatic rings. The maximum atomic E-state index is 14.2. The van der Waals surface area contributed by atoms with Gasteiger partial charge in [0.05, 0.1) is 16.4 Å². The van der Waals surface area contributed by atoms with E-state index in [9.17, 15) is 14.0 Å². The van der Waals surface area contributed by atoms with E-state index < -0.39 is 23.6 Å². The number of para-hydroxylation sites is 1. The number of benzene rings is 2. The Hall–Kier alpha value is -2.80. The van der Waals surface area contributed by atoms with Crippen molar-refractivity contribution in [1.82, 2.24) is 0 Å². The number of halogens is 2. The first-order valence-corrected chi connectivity index (χ1v) is 8.05. The molecule has 2 rings (SSSR count). The molecule has 0 fully saturated rings. The maximum Gasteiger partial charge on any atom is 0.417 e. The number of nitrogens with one attached hydrogen (secondary N) is 2. The van der Waals surface area contributed by atoms with Gasteiger partial charge in [-0.15, -0.1) is 0 Å². The molecule has 0 spiro atoms. The Morgan fingerprint density at radius 2 is 1.62 bits per heavy atom. The predicted octanol–water partition coefficient (Wildman–Crippen LogP) is 5.44. The molecule has 0 bridgehead atoms. The lowest BCUT2D eigenvalue weighted by Crippen LogP contribution is -2.27. The van der Waals surface area contributed by atoms with E-state index in [2.05, 4.69) is 10.6 Å². The van der Waals surface area contributed by atoms with Crippen LogP contribution in [0.3, 0.4) is 0 Å². The van der Waals surface area contributed by atoms with Crippen LogP contribution in [0.1, 0.15) is 20.8 Å². The average Bonchev–Trinajstić information content (AvgIpc) is 2.51. The van der Waals surface area contributed by atoms with E-state index in [0.29, 0.717) is 5.75 Å². The molecule has 2 amide bonds. The summed E-state index contributed by atoms with van der Waals surface area (Å²) in [5.74, 6) is -0.472. The zero-order chi connectivity index (χ0) is 19.3. The minimum Gasteiger partial charge on any atom is -0.444 e. The molecular weight excluding hydrogens is 363 g/mol. The van der Waals surface area contributed by atoms with Crippen LogP contribution in [-0.4, -0.2) is 17.8 Å². The third-order valence-electron chi connectivity index (χ3n) is 2.88. The van der Waals surface area contributed by atoms with Crippen LogP contribution >= 0.6 is 11.6 Å². The molecule has 2 aromatic carbocycles. The number of anilines is 2. The molecule has 2 aromatic rings. The molecule has 0 atom stereocenters. The summed E-state index contributed by atoms with van der Waals surface area (Å²) in [5.41, 5.74) is -0.904. The van der Waals surface area contributed by atoms with E-state index >= 15 is 0 Å². The van der Waals surface area contributed by atoms with E-state index in [1.54, 1.807) is 51.1 Å². The monoisotopic (exact) mass is 380 g/mol. The summed E-state index contributed by atoms with van der Waals surface area (Å²) in [6.45, 7) is 5.05. The second kappa shape index (κ2) is 8.05. The van der Waals surface area contributed by atoms with Gasteiger partial charge in [0.15, 0.2) is 0 Å². The molecule has 0 saturated carbocycles. The minimum atomic E-state index is -0.828. The third-order valence-corrected chi connectivity index (χ3v) is 3.20. The van der Waals surface area contributed by atoms with Crippen molar-refractivity contribution in [3.05, 3.63) is 53.3 Å². The van der Waals surface area contributed by atoms with Gasteiger partial charge in [0, 0.05) is 6.07 Å². The highest BCUT2D eigenvalue weighted by atomic mass is 35.5. The van der Waals surface area contributed by atoms with Crippen molar-refractivity contribution in [3.8, 4) is 5.75 Å². The van der Waals surface area contributed by atoms with Gasteiger partial charge in [-0.2, -0.15) is 0 Å². The van der Waals surface area contributed by atoms with Crippen LogP contribution in [0.2, 0.25) is 5.02 Å². The average molecular weight is 381 g/mol. The lowest BCUT2D eigenvalue weighted by Gasteiger charge is -2.20. The minimum absolute atomic E-state index is 0.000151. The smallest absolute Gasteiger partial charge is 0.417 e. The van der Waals surface area contributed by atoms with Crippen molar-refractivity contribution in [3.63, 3.8) is 0 Å². The summed E-state index contributed by atoms with van der Waals surface area (Å²) in [4.78, 5) is 23.6. The number of rotatable bonds is 3. The Morgan fingerprint density at radius 3 is 2.23 bits per heavy atom. The fourth-order valence-electron chi connectivity index (χ4n) is 1.88. The van der Waals surface area contributed by atoms with Crippen LogP contribution in [0.25, 0.3) is 0 Å². The lowest BCUT2D eigenvalue weighted by molar-refractivity contribution is 0.0635. The first kappa shape index (κ1) is 19.5. The van der Waals surface area contributed by atoms with Gasteiger partial charge in [-0.05, 0) is 39.0 Å². The number of ether oxygens (including phenoxy) is 2. The standard InChI is InChI=1S/C18H18ClFN2O4/c1-18(2,3)26-17(24)22-15-9-12(19)14(10-13(15)20)21-16(23)25-11-7-5-4-6-8-11/h4-10H,1-3H3,(H,21,23)(H,22,24). The van der Waals surface area contributed by atoms with E-state index in [0.717, 1.165) is 6.07 Å². The van der Waals surface area contributed by atoms with Gasteiger partial charge >= 0.3 is 12.2 Å². The van der Waals surface area contributed by atoms with Crippen LogP contribution in [0.4, 0.5) is 25.4 Å². The first-order valence-electron chi connectivity index (χ1n) is 7.67. The summed E-state index contributed by atoms with van der Waals surface area (Å²) < 4.78 is 24.3. The topological polar surface area (TPSA) is 76.7 Å². The van der Waals surface area contributed by atoms with Gasteiger partial charge in [-0.25, -0.2) is 14.0 Å². The highest BCUT2D eigenvalue weighted by Gasteiger charge is 2.19. The first-order chi connectivity index (χ1) is 12.1. The van der Waals surface area contributed by atoms with Crippen molar-refractivity contribution < 1.29 is 23.5 Å². The Bertz CT molecular complexity index is 807. The van der Waals surface area contributed by atoms with Crippen LogP contribution in [0, 0.1) is 5.82 Å². The van der Waals surface area contributed by atoms with E-state index in [1.807, 2.05) is 0 Å². The molecule has 0 radical (unpaired) electrons. The van der Waals surface area contributed by atoms with Gasteiger partial charge < -0.3 is 9.47 Å². The summed E-state index contributed by atoms with van der Waals surface area (Å²) in [6.07, 6.45) is -1.65. The molecule has 0 aliphatic heterocycles. The molecule has 0 aromatic heterocycles. The van der Waals surface area contributed by atoms with Gasteiger partial charge in [0.1, 0.15) is 17.2 Å². The lowest BCUT2D eigenvalue weighted by atomic mass is 10.2. The second-order valence-corrected chi connectivity index (χ2v) is 6.67. The summed E-state index contributed by atoms with van der Waals surface area (Å²) in [7, 11) is 0. The molecule has 8 heteroatoms. The molecule has 0 heterocycles. The number of amides is 2. The number of hydrogen-bond donors (Lipinski definition) is 2. The molecule has 0 saturated heterocycles. The molecular formula is C18H18ClFN2O4. The Labute approximate surface area is 155 Å². The van der Waals surface area contributed by atoms with Crippen molar-refractivity contribution in [2.75, 3.05) is 10.6 Å². The van der Waals surface area contributed by atoms with Gasteiger partial charge in [-0.3, -0.25) is 10.6 Å². The largest absolute Gasteiger partial charge is 0.444 e. The summed E-state index contributed by atoms with van der Waals surface area (Å²) in [6, 6.07) is 10.5. The molecule has 2 N–H and O–H groups in total. The van der Waals surface area contributed by atoms with Crippen LogP contribution < -0.4 is 15.4 Å². The Balaban J connectivity index is 2.06. The van der Waals surface area contributed by atoms with Crippen molar-refractivity contribution in [2.24, 2.45) is 0 Å². The molecule has 26 heavy (non-hydrogen) atoms. The molecule has 6 nitrogen and oxygen atoms in total. The van der Waals surface area contributed by atoms with E-state index in [-0.39, 0.29) is 16.4 Å². The number of carbonyl (C=O) groups is 2. The molecule has 0 aliphatic carbocycles. The zero-order valence-electron chi connectivity index (χ0n) is 14.4. The van der Waals surface area contributed by atoms with Gasteiger partial charge in [-0.1, -0.05) is 29.8 Å². The quantitative estimate of drug-likeness (QED) is 0.743. The van der Waals surface area contributed by atoms with Crippen LogP contribution in [0.15, 0.2) is 42.5 Å². The van der Waals surface area contributed by atoms with Crippen molar-refractivity contribution >= 4 is 35.2 Å². The Kier molecular flexibility index (Phi) is 6.05. The number of hydrogen-bond acceptors (Lipinski definition) is 4. The summed E-state index contributed by atoms with van der Waals surface area (Å²) >= 11 is 6.04. The fraction of sp³-hybridized carbons (Fsp3) is 0.222. The van der Waals surface area contributed by atoms with Gasteiger partial charge in [0.2, 0.25) is 0 Å². The highest BCUT2D eigenvalue weighted by Crippen LogP contribution is 2.29. The van der Waals surface area contributed by atoms with Crippen LogP contribution in [-0.2, 0) is 4.74 Å². The Morgan fingerprint density at radius 1 is 1.00 bits per heavy atom. The molecule has 0 unspecified atom stereocenters. The van der Waals surface area contributed by atoms with E-state index in [4.69, 9.17) is 21.1 Å².